The summed E-state index contributed by atoms with van der Waals surface area (Å²) in [7, 11) is 3.59. The van der Waals surface area contributed by atoms with Crippen LogP contribution in [-0.2, 0) is 10.8 Å². The fraction of sp³-hybridized carbons (Fsp3) is 0.737. The maximum atomic E-state index is 12.1. The Labute approximate surface area is 152 Å². The normalized spacial score (nSPS) is 16.2. The molecule has 6 nitrogen and oxygen atoms in total. The molecule has 0 N–H and O–H groups in total. The Hall–Kier alpha value is -1.85. The minimum atomic E-state index is -0.0985. The third-order valence-electron chi connectivity index (χ3n) is 4.41. The molecule has 2 heterocycles. The Morgan fingerprint density at radius 3 is 1.96 bits per heavy atom. The molecule has 0 unspecified atom stereocenters. The zero-order valence-corrected chi connectivity index (χ0v) is 17.1. The highest BCUT2D eigenvalue weighted by molar-refractivity contribution is 5.74. The van der Waals surface area contributed by atoms with E-state index in [1.807, 2.05) is 4.90 Å². The highest BCUT2D eigenvalue weighted by Crippen LogP contribution is 2.28. The van der Waals surface area contributed by atoms with Crippen LogP contribution < -0.4 is 4.90 Å². The Morgan fingerprint density at radius 1 is 0.960 bits per heavy atom. The molecule has 1 aliphatic heterocycles. The molecule has 2 rings (SSSR count). The van der Waals surface area contributed by atoms with E-state index in [0.29, 0.717) is 0 Å². The molecule has 1 aromatic rings. The lowest BCUT2D eigenvalue weighted by molar-refractivity contribution is 0.168. The Morgan fingerprint density at radius 2 is 1.52 bits per heavy atom. The van der Waals surface area contributed by atoms with E-state index in [2.05, 4.69) is 52.5 Å². The lowest BCUT2D eigenvalue weighted by atomic mass is 9.90. The first-order chi connectivity index (χ1) is 11.4. The quantitative estimate of drug-likeness (QED) is 0.784. The molecule has 140 valence electrons. The summed E-state index contributed by atoms with van der Waals surface area (Å²) < 4.78 is 0. The van der Waals surface area contributed by atoms with Gasteiger partial charge in [0.25, 0.3) is 0 Å². The summed E-state index contributed by atoms with van der Waals surface area (Å²) in [5, 5.41) is 0. The SMILES string of the molecule is CN(C)C(=O)N1CCN(c2cc(C(C)(C)C)nc(C(C)(C)C)n2)CC1. The molecule has 1 aromatic heterocycles. The number of carbonyl (C=O) groups is 1. The van der Waals surface area contributed by atoms with Crippen LogP contribution in [0.2, 0.25) is 0 Å². The Bertz CT molecular complexity index is 587. The summed E-state index contributed by atoms with van der Waals surface area (Å²) in [6.07, 6.45) is 0. The molecule has 1 saturated heterocycles. The van der Waals surface area contributed by atoms with Crippen LogP contribution in [0.25, 0.3) is 0 Å². The van der Waals surface area contributed by atoms with Gasteiger partial charge in [-0.25, -0.2) is 14.8 Å². The maximum Gasteiger partial charge on any atom is 0.319 e. The Balaban J connectivity index is 2.26. The molecule has 0 bridgehead atoms. The maximum absolute atomic E-state index is 12.1. The summed E-state index contributed by atoms with van der Waals surface area (Å²) in [6.45, 7) is 16.0. The van der Waals surface area contributed by atoms with E-state index in [9.17, 15) is 4.79 Å². The van der Waals surface area contributed by atoms with Crippen LogP contribution in [0.3, 0.4) is 0 Å². The number of carbonyl (C=O) groups excluding carboxylic acids is 1. The summed E-state index contributed by atoms with van der Waals surface area (Å²) in [5.74, 6) is 1.85. The molecule has 0 aliphatic carbocycles. The summed E-state index contributed by atoms with van der Waals surface area (Å²) >= 11 is 0. The number of nitrogens with zero attached hydrogens (tertiary/aromatic N) is 5. The molecule has 0 radical (unpaired) electrons. The van der Waals surface area contributed by atoms with Gasteiger partial charge >= 0.3 is 6.03 Å². The smallest absolute Gasteiger partial charge is 0.319 e. The lowest BCUT2D eigenvalue weighted by Gasteiger charge is -2.37. The van der Waals surface area contributed by atoms with Crippen molar-refractivity contribution in [3.05, 3.63) is 17.6 Å². The van der Waals surface area contributed by atoms with Crippen LogP contribution in [0.4, 0.5) is 10.6 Å². The Kier molecular flexibility index (Phi) is 5.30. The molecule has 25 heavy (non-hydrogen) atoms. The van der Waals surface area contributed by atoms with E-state index in [0.717, 1.165) is 43.5 Å². The van der Waals surface area contributed by atoms with Gasteiger partial charge in [0.05, 0.1) is 5.69 Å². The van der Waals surface area contributed by atoms with Crippen molar-refractivity contribution in [2.45, 2.75) is 52.4 Å². The molecule has 1 aliphatic rings. The predicted molar refractivity (Wildman–Crippen MR) is 102 cm³/mol. The fourth-order valence-electron chi connectivity index (χ4n) is 2.73. The zero-order valence-electron chi connectivity index (χ0n) is 17.1. The van der Waals surface area contributed by atoms with E-state index in [4.69, 9.17) is 9.97 Å². The average molecular weight is 348 g/mol. The molecular weight excluding hydrogens is 314 g/mol. The standard InChI is InChI=1S/C19H33N5O/c1-18(2,3)14-13-15(21-16(20-14)19(4,5)6)23-9-11-24(12-10-23)17(25)22(7)8/h13H,9-12H2,1-8H3. The third-order valence-corrected chi connectivity index (χ3v) is 4.41. The second-order valence-corrected chi connectivity index (χ2v) is 9.09. The number of piperazine rings is 1. The minimum absolute atomic E-state index is 0.0274. The van der Waals surface area contributed by atoms with Crippen LogP contribution in [-0.4, -0.2) is 66.1 Å². The summed E-state index contributed by atoms with van der Waals surface area (Å²) in [5.41, 5.74) is 0.938. The highest BCUT2D eigenvalue weighted by atomic mass is 16.2. The first kappa shape index (κ1) is 19.5. The minimum Gasteiger partial charge on any atom is -0.353 e. The number of rotatable bonds is 1. The van der Waals surface area contributed by atoms with Crippen molar-refractivity contribution >= 4 is 11.8 Å². The number of amides is 2. The van der Waals surface area contributed by atoms with Crippen LogP contribution >= 0.6 is 0 Å². The average Bonchev–Trinajstić information content (AvgIpc) is 2.52. The van der Waals surface area contributed by atoms with E-state index in [1.165, 1.54) is 0 Å². The van der Waals surface area contributed by atoms with Crippen LogP contribution in [0.15, 0.2) is 6.07 Å². The van der Waals surface area contributed by atoms with Gasteiger partial charge in [-0.1, -0.05) is 41.5 Å². The summed E-state index contributed by atoms with van der Waals surface area (Å²) in [6, 6.07) is 2.19. The molecule has 0 saturated carbocycles. The number of urea groups is 1. The molecule has 0 atom stereocenters. The first-order valence-electron chi connectivity index (χ1n) is 9.01. The van der Waals surface area contributed by atoms with Crippen molar-refractivity contribution < 1.29 is 4.79 Å². The van der Waals surface area contributed by atoms with Gasteiger partial charge in [-0.3, -0.25) is 0 Å². The number of hydrogen-bond donors (Lipinski definition) is 0. The van der Waals surface area contributed by atoms with Gasteiger partial charge < -0.3 is 14.7 Å². The largest absolute Gasteiger partial charge is 0.353 e. The van der Waals surface area contributed by atoms with Crippen molar-refractivity contribution in [3.8, 4) is 0 Å². The van der Waals surface area contributed by atoms with E-state index >= 15 is 0 Å². The van der Waals surface area contributed by atoms with E-state index in [-0.39, 0.29) is 16.9 Å². The van der Waals surface area contributed by atoms with Crippen molar-refractivity contribution in [1.29, 1.82) is 0 Å². The second-order valence-electron chi connectivity index (χ2n) is 9.09. The van der Waals surface area contributed by atoms with Gasteiger partial charge in [-0.15, -0.1) is 0 Å². The van der Waals surface area contributed by atoms with Gasteiger partial charge in [0.1, 0.15) is 11.6 Å². The first-order valence-corrected chi connectivity index (χ1v) is 9.01. The second kappa shape index (κ2) is 6.81. The van der Waals surface area contributed by atoms with Gasteiger partial charge in [0, 0.05) is 57.2 Å². The number of aromatic nitrogens is 2. The zero-order chi connectivity index (χ0) is 19.0. The summed E-state index contributed by atoms with van der Waals surface area (Å²) in [4.78, 5) is 27.6. The van der Waals surface area contributed by atoms with Gasteiger partial charge in [-0.2, -0.15) is 0 Å². The molecule has 0 aromatic carbocycles. The van der Waals surface area contributed by atoms with Crippen molar-refractivity contribution in [1.82, 2.24) is 19.8 Å². The topological polar surface area (TPSA) is 52.6 Å². The van der Waals surface area contributed by atoms with Crippen molar-refractivity contribution in [2.75, 3.05) is 45.2 Å². The monoisotopic (exact) mass is 347 g/mol. The van der Waals surface area contributed by atoms with Crippen molar-refractivity contribution in [3.63, 3.8) is 0 Å². The van der Waals surface area contributed by atoms with Gasteiger partial charge in [0.15, 0.2) is 0 Å². The predicted octanol–water partition coefficient (Wildman–Crippen LogP) is 2.88. The van der Waals surface area contributed by atoms with Gasteiger partial charge in [0.2, 0.25) is 0 Å². The van der Waals surface area contributed by atoms with Crippen LogP contribution in [0.5, 0.6) is 0 Å². The molecule has 2 amide bonds. The number of anilines is 1. The van der Waals surface area contributed by atoms with Crippen LogP contribution in [0.1, 0.15) is 53.1 Å². The lowest BCUT2D eigenvalue weighted by Crippen LogP contribution is -2.51. The highest BCUT2D eigenvalue weighted by Gasteiger charge is 2.27. The molecule has 0 spiro atoms. The van der Waals surface area contributed by atoms with E-state index < -0.39 is 0 Å². The molecule has 1 fully saturated rings. The molecular formula is C19H33N5O. The van der Waals surface area contributed by atoms with Crippen LogP contribution in [0, 0.1) is 0 Å². The fourth-order valence-corrected chi connectivity index (χ4v) is 2.73. The third kappa shape index (κ3) is 4.61. The van der Waals surface area contributed by atoms with E-state index in [1.54, 1.807) is 19.0 Å². The van der Waals surface area contributed by atoms with Gasteiger partial charge in [-0.05, 0) is 0 Å². The number of hydrogen-bond acceptors (Lipinski definition) is 4. The van der Waals surface area contributed by atoms with Crippen molar-refractivity contribution in [2.24, 2.45) is 0 Å². The molecule has 6 heteroatoms.